The fraction of sp³-hybridized carbons (Fsp3) is 0.500. The minimum absolute atomic E-state index is 0.171. The fourth-order valence-corrected chi connectivity index (χ4v) is 3.95. The van der Waals surface area contributed by atoms with Crippen LogP contribution in [0.4, 0.5) is 0 Å². The Kier molecular flexibility index (Phi) is 6.10. The highest BCUT2D eigenvalue weighted by molar-refractivity contribution is 14.1. The maximum absolute atomic E-state index is 12.9. The third-order valence-corrected chi connectivity index (χ3v) is 5.66. The van der Waals surface area contributed by atoms with Gasteiger partial charge in [-0.25, -0.2) is 0 Å². The zero-order valence-corrected chi connectivity index (χ0v) is 16.8. The first-order valence-electron chi connectivity index (χ1n) is 7.94. The number of likely N-dealkylation sites (tertiary alicyclic amines) is 1. The summed E-state index contributed by atoms with van der Waals surface area (Å²) in [5.41, 5.74) is 4.26. The molecule has 1 heterocycles. The van der Waals surface area contributed by atoms with Gasteiger partial charge in [0, 0.05) is 22.6 Å². The zero-order valence-electron chi connectivity index (χ0n) is 13.7. The second kappa shape index (κ2) is 7.65. The Balaban J connectivity index is 2.14. The summed E-state index contributed by atoms with van der Waals surface area (Å²) in [7, 11) is -1.33. The Morgan fingerprint density at radius 3 is 2.73 bits per heavy atom. The van der Waals surface area contributed by atoms with Crippen LogP contribution in [0.5, 0.6) is 0 Å². The normalized spacial score (nSPS) is 18.5. The number of carbonyl (C=O) groups excluding carboxylic acids is 1. The van der Waals surface area contributed by atoms with Crippen molar-refractivity contribution in [2.75, 3.05) is 6.54 Å². The molecule has 0 spiro atoms. The molecule has 2 rings (SSSR count). The quantitative estimate of drug-likeness (QED) is 0.387. The van der Waals surface area contributed by atoms with Crippen molar-refractivity contribution in [1.82, 2.24) is 4.90 Å². The molecule has 0 N–H and O–H groups in total. The predicted octanol–water partition coefficient (Wildman–Crippen LogP) is 4.56. The van der Waals surface area contributed by atoms with Crippen molar-refractivity contribution in [2.45, 2.75) is 51.4 Å². The van der Waals surface area contributed by atoms with Crippen LogP contribution < -0.4 is 0 Å². The first-order valence-corrected chi connectivity index (χ1v) is 12.5. The smallest absolute Gasteiger partial charge is 0.255 e. The molecule has 1 saturated heterocycles. The lowest BCUT2D eigenvalue weighted by Gasteiger charge is -2.35. The van der Waals surface area contributed by atoms with Crippen molar-refractivity contribution >= 4 is 36.6 Å². The van der Waals surface area contributed by atoms with Gasteiger partial charge in [-0.1, -0.05) is 31.8 Å². The van der Waals surface area contributed by atoms with Gasteiger partial charge in [0.05, 0.1) is 5.56 Å². The molecule has 0 saturated carbocycles. The van der Waals surface area contributed by atoms with E-state index in [2.05, 4.69) is 58.6 Å². The lowest BCUT2D eigenvalue weighted by atomic mass is 9.98. The van der Waals surface area contributed by atoms with Gasteiger partial charge in [-0.3, -0.25) is 4.79 Å². The van der Waals surface area contributed by atoms with Crippen molar-refractivity contribution in [2.24, 2.45) is 0 Å². The lowest BCUT2D eigenvalue weighted by Crippen LogP contribution is -2.43. The molecule has 118 valence electrons. The van der Waals surface area contributed by atoms with Gasteiger partial charge in [0.1, 0.15) is 8.07 Å². The number of carbonyl (C=O) groups is 1. The lowest BCUT2D eigenvalue weighted by molar-refractivity contribution is 0.0618. The number of hydrogen-bond acceptors (Lipinski definition) is 1. The summed E-state index contributed by atoms with van der Waals surface area (Å²) in [6.07, 6.45) is 4.21. The number of rotatable bonds is 2. The van der Waals surface area contributed by atoms with Gasteiger partial charge in [0.25, 0.3) is 5.91 Å². The molecule has 0 aromatic heterocycles. The topological polar surface area (TPSA) is 20.3 Å². The number of nitrogens with zero attached hydrogens (tertiary/aromatic N) is 1. The Bertz CT molecular complexity index is 597. The second-order valence-electron chi connectivity index (χ2n) is 6.88. The SMILES string of the molecule is C[Si](C)(C)C#CCC1CCCCN1C(=O)c1ccccc1I. The van der Waals surface area contributed by atoms with Crippen molar-refractivity contribution in [3.63, 3.8) is 0 Å². The molecule has 1 unspecified atom stereocenters. The summed E-state index contributed by atoms with van der Waals surface area (Å²) in [5, 5.41) is 0. The van der Waals surface area contributed by atoms with Crippen LogP contribution in [0.3, 0.4) is 0 Å². The third-order valence-electron chi connectivity index (χ3n) is 3.79. The van der Waals surface area contributed by atoms with Gasteiger partial charge >= 0.3 is 0 Å². The number of hydrogen-bond donors (Lipinski definition) is 0. The molecule has 1 amide bonds. The summed E-state index contributed by atoms with van der Waals surface area (Å²) in [4.78, 5) is 14.9. The molecule has 1 aliphatic heterocycles. The first kappa shape index (κ1) is 17.5. The molecule has 22 heavy (non-hydrogen) atoms. The molecule has 0 bridgehead atoms. The van der Waals surface area contributed by atoms with Crippen LogP contribution in [0.1, 0.15) is 36.0 Å². The highest BCUT2D eigenvalue weighted by atomic mass is 127. The van der Waals surface area contributed by atoms with Crippen molar-refractivity contribution in [1.29, 1.82) is 0 Å². The summed E-state index contributed by atoms with van der Waals surface area (Å²) in [6, 6.07) is 8.13. The number of halogens is 1. The molecule has 1 aromatic rings. The van der Waals surface area contributed by atoms with Crippen LogP contribution in [0.2, 0.25) is 19.6 Å². The monoisotopic (exact) mass is 425 g/mol. The Labute approximate surface area is 148 Å². The van der Waals surface area contributed by atoms with Gasteiger partial charge in [-0.15, -0.1) is 11.5 Å². The standard InChI is InChI=1S/C18H24INOSi/c1-22(2,3)14-8-10-15-9-6-7-13-20(15)18(21)16-11-4-5-12-17(16)19/h4-5,11-12,15H,6-7,9-10,13H2,1-3H3. The van der Waals surface area contributed by atoms with E-state index in [-0.39, 0.29) is 11.9 Å². The predicted molar refractivity (Wildman–Crippen MR) is 104 cm³/mol. The van der Waals surface area contributed by atoms with E-state index in [1.807, 2.05) is 24.3 Å². The highest BCUT2D eigenvalue weighted by Crippen LogP contribution is 2.23. The largest absolute Gasteiger partial charge is 0.335 e. The number of benzene rings is 1. The van der Waals surface area contributed by atoms with Gasteiger partial charge in [0.15, 0.2) is 0 Å². The molecular formula is C18H24INOSi. The summed E-state index contributed by atoms with van der Waals surface area (Å²) in [6.45, 7) is 7.64. The average Bonchev–Trinajstić information content (AvgIpc) is 2.46. The van der Waals surface area contributed by atoms with Gasteiger partial charge in [-0.2, -0.15) is 0 Å². The summed E-state index contributed by atoms with van der Waals surface area (Å²) < 4.78 is 1.03. The number of piperidine rings is 1. The van der Waals surface area contributed by atoms with Crippen LogP contribution in [0.15, 0.2) is 24.3 Å². The Morgan fingerprint density at radius 2 is 2.05 bits per heavy atom. The minimum atomic E-state index is -1.33. The van der Waals surface area contributed by atoms with E-state index in [1.54, 1.807) is 0 Å². The summed E-state index contributed by atoms with van der Waals surface area (Å²) in [5.74, 6) is 3.53. The third kappa shape index (κ3) is 4.85. The van der Waals surface area contributed by atoms with Crippen LogP contribution in [0, 0.1) is 15.0 Å². The van der Waals surface area contributed by atoms with Crippen molar-refractivity contribution in [3.05, 3.63) is 33.4 Å². The summed E-state index contributed by atoms with van der Waals surface area (Å²) >= 11 is 2.25. The molecule has 2 nitrogen and oxygen atoms in total. The molecule has 1 aliphatic rings. The highest BCUT2D eigenvalue weighted by Gasteiger charge is 2.27. The van der Waals surface area contributed by atoms with Crippen molar-refractivity contribution in [3.8, 4) is 11.5 Å². The molecule has 0 aliphatic carbocycles. The van der Waals surface area contributed by atoms with Crippen molar-refractivity contribution < 1.29 is 4.79 Å². The minimum Gasteiger partial charge on any atom is -0.335 e. The van der Waals surface area contributed by atoms with E-state index < -0.39 is 8.07 Å². The molecule has 1 fully saturated rings. The van der Waals surface area contributed by atoms with Crippen LogP contribution in [0.25, 0.3) is 0 Å². The van der Waals surface area contributed by atoms with Gasteiger partial charge in [-0.05, 0) is 54.0 Å². The van der Waals surface area contributed by atoms with E-state index in [0.717, 1.165) is 34.9 Å². The first-order chi connectivity index (χ1) is 10.4. The fourth-order valence-electron chi connectivity index (χ4n) is 2.70. The maximum atomic E-state index is 12.9. The second-order valence-corrected chi connectivity index (χ2v) is 12.8. The molecule has 1 aromatic carbocycles. The maximum Gasteiger partial charge on any atom is 0.255 e. The number of amides is 1. The van der Waals surface area contributed by atoms with E-state index >= 15 is 0 Å². The zero-order chi connectivity index (χ0) is 16.2. The van der Waals surface area contributed by atoms with E-state index in [0.29, 0.717) is 0 Å². The molecule has 1 atom stereocenters. The van der Waals surface area contributed by atoms with Gasteiger partial charge in [0.2, 0.25) is 0 Å². The van der Waals surface area contributed by atoms with E-state index in [9.17, 15) is 4.79 Å². The van der Waals surface area contributed by atoms with E-state index in [1.165, 1.54) is 6.42 Å². The Hall–Kier alpha value is -0.803. The van der Waals surface area contributed by atoms with Crippen LogP contribution in [-0.2, 0) is 0 Å². The Morgan fingerprint density at radius 1 is 1.32 bits per heavy atom. The van der Waals surface area contributed by atoms with Crippen LogP contribution >= 0.6 is 22.6 Å². The van der Waals surface area contributed by atoms with Crippen LogP contribution in [-0.4, -0.2) is 31.5 Å². The van der Waals surface area contributed by atoms with E-state index in [4.69, 9.17) is 0 Å². The molecule has 4 heteroatoms. The molecule has 0 radical (unpaired) electrons. The molecular weight excluding hydrogens is 401 g/mol. The van der Waals surface area contributed by atoms with Gasteiger partial charge < -0.3 is 4.90 Å². The average molecular weight is 425 g/mol.